The van der Waals surface area contributed by atoms with Crippen LogP contribution in [0.15, 0.2) is 0 Å². The Morgan fingerprint density at radius 3 is 2.29 bits per heavy atom. The van der Waals surface area contributed by atoms with Crippen molar-refractivity contribution in [3.05, 3.63) is 0 Å². The first-order valence-electron chi connectivity index (χ1n) is 6.86. The third kappa shape index (κ3) is 5.64. The molecule has 0 aromatic carbocycles. The molecule has 0 unspecified atom stereocenters. The van der Waals surface area contributed by atoms with Crippen LogP contribution in [0.2, 0.25) is 0 Å². The Balaban J connectivity index is 2.12. The Morgan fingerprint density at radius 1 is 1.12 bits per heavy atom. The summed E-state index contributed by atoms with van der Waals surface area (Å²) in [5.41, 5.74) is 0. The Hall–Kier alpha value is -0.410. The molecule has 0 radical (unpaired) electrons. The highest BCUT2D eigenvalue weighted by atomic mass is 16.7. The van der Waals surface area contributed by atoms with E-state index < -0.39 is 5.79 Å². The molecule has 0 N–H and O–H groups in total. The maximum Gasteiger partial charge on any atom is 0.162 e. The molecule has 0 atom stereocenters. The molecule has 100 valence electrons. The highest BCUT2D eigenvalue weighted by Crippen LogP contribution is 2.22. The van der Waals surface area contributed by atoms with E-state index in [1.807, 2.05) is 13.8 Å². The monoisotopic (exact) mass is 242 g/mol. The van der Waals surface area contributed by atoms with E-state index in [-0.39, 0.29) is 5.92 Å². The molecule has 0 bridgehead atoms. The lowest BCUT2D eigenvalue weighted by molar-refractivity contribution is -0.258. The van der Waals surface area contributed by atoms with E-state index in [4.69, 9.17) is 9.47 Å². The Morgan fingerprint density at radius 2 is 1.71 bits per heavy atom. The van der Waals surface area contributed by atoms with Crippen LogP contribution in [-0.4, -0.2) is 24.8 Å². The molecule has 0 aromatic rings. The van der Waals surface area contributed by atoms with Crippen LogP contribution < -0.4 is 0 Å². The zero-order valence-corrected chi connectivity index (χ0v) is 11.5. The van der Waals surface area contributed by atoms with Gasteiger partial charge in [-0.15, -0.1) is 0 Å². The fourth-order valence-electron chi connectivity index (χ4n) is 1.99. The van der Waals surface area contributed by atoms with Crippen LogP contribution in [0.4, 0.5) is 0 Å². The van der Waals surface area contributed by atoms with Gasteiger partial charge in [-0.1, -0.05) is 32.6 Å². The summed E-state index contributed by atoms with van der Waals surface area (Å²) >= 11 is 0. The van der Waals surface area contributed by atoms with Gasteiger partial charge in [-0.25, -0.2) is 0 Å². The lowest BCUT2D eigenvalue weighted by atomic mass is 9.99. The number of carbonyl (C=O) groups excluding carboxylic acids is 1. The maximum absolute atomic E-state index is 11.9. The minimum atomic E-state index is -0.516. The van der Waals surface area contributed by atoms with E-state index in [0.29, 0.717) is 25.4 Å². The third-order valence-corrected chi connectivity index (χ3v) is 3.25. The van der Waals surface area contributed by atoms with Crippen LogP contribution in [0.5, 0.6) is 0 Å². The van der Waals surface area contributed by atoms with Crippen molar-refractivity contribution in [2.24, 2.45) is 5.92 Å². The van der Waals surface area contributed by atoms with Gasteiger partial charge in [0, 0.05) is 6.42 Å². The van der Waals surface area contributed by atoms with E-state index >= 15 is 0 Å². The first-order valence-corrected chi connectivity index (χ1v) is 6.86. The minimum Gasteiger partial charge on any atom is -0.350 e. The van der Waals surface area contributed by atoms with Gasteiger partial charge in [0.1, 0.15) is 5.78 Å². The van der Waals surface area contributed by atoms with E-state index in [9.17, 15) is 4.79 Å². The Labute approximate surface area is 105 Å². The fraction of sp³-hybridized carbons (Fsp3) is 0.929. The molecular formula is C14H26O3. The van der Waals surface area contributed by atoms with E-state index in [2.05, 4.69) is 6.92 Å². The van der Waals surface area contributed by atoms with Crippen LogP contribution >= 0.6 is 0 Å². The van der Waals surface area contributed by atoms with Gasteiger partial charge in [-0.05, 0) is 20.3 Å². The second kappa shape index (κ2) is 7.12. The first-order chi connectivity index (χ1) is 8.05. The molecule has 17 heavy (non-hydrogen) atoms. The molecule has 1 fully saturated rings. The van der Waals surface area contributed by atoms with Crippen molar-refractivity contribution in [3.8, 4) is 0 Å². The van der Waals surface area contributed by atoms with Crippen molar-refractivity contribution in [1.82, 2.24) is 0 Å². The number of carbonyl (C=O) groups is 1. The van der Waals surface area contributed by atoms with Crippen LogP contribution in [0.25, 0.3) is 0 Å². The van der Waals surface area contributed by atoms with Crippen molar-refractivity contribution in [2.45, 2.75) is 65.1 Å². The number of hydrogen-bond donors (Lipinski definition) is 0. The standard InChI is InChI=1S/C14H26O3/c1-4-5-6-7-8-9-13(15)12-10-16-14(2,3)17-11-12/h12H,4-11H2,1-3H3. The van der Waals surface area contributed by atoms with Gasteiger partial charge in [0.2, 0.25) is 0 Å². The second-order valence-electron chi connectivity index (χ2n) is 5.35. The number of ketones is 1. The number of hydrogen-bond acceptors (Lipinski definition) is 3. The summed E-state index contributed by atoms with van der Waals surface area (Å²) < 4.78 is 11.0. The molecule has 3 heteroatoms. The topological polar surface area (TPSA) is 35.5 Å². The molecule has 0 saturated carbocycles. The largest absolute Gasteiger partial charge is 0.350 e. The summed E-state index contributed by atoms with van der Waals surface area (Å²) in [5, 5.41) is 0. The van der Waals surface area contributed by atoms with E-state index in [1.165, 1.54) is 25.7 Å². The van der Waals surface area contributed by atoms with Crippen LogP contribution in [0, 0.1) is 5.92 Å². The summed E-state index contributed by atoms with van der Waals surface area (Å²) in [7, 11) is 0. The van der Waals surface area contributed by atoms with Crippen molar-refractivity contribution in [3.63, 3.8) is 0 Å². The summed E-state index contributed by atoms with van der Waals surface area (Å²) in [6.45, 7) is 7.00. The molecule has 1 aliphatic heterocycles. The van der Waals surface area contributed by atoms with Crippen molar-refractivity contribution >= 4 is 5.78 Å². The average Bonchev–Trinajstić information content (AvgIpc) is 2.28. The SMILES string of the molecule is CCCCCCCC(=O)C1COC(C)(C)OC1. The van der Waals surface area contributed by atoms with Crippen LogP contribution in [0.3, 0.4) is 0 Å². The zero-order chi connectivity index (χ0) is 12.7. The number of Topliss-reactive ketones (excluding diaryl/α,β-unsaturated/α-hetero) is 1. The van der Waals surface area contributed by atoms with Crippen molar-refractivity contribution in [2.75, 3.05) is 13.2 Å². The molecule has 0 aliphatic carbocycles. The summed E-state index contributed by atoms with van der Waals surface area (Å²) in [6, 6.07) is 0. The fourth-order valence-corrected chi connectivity index (χ4v) is 1.99. The molecule has 0 amide bonds. The summed E-state index contributed by atoms with van der Waals surface area (Å²) in [5.74, 6) is -0.260. The molecule has 1 saturated heterocycles. The van der Waals surface area contributed by atoms with E-state index in [1.54, 1.807) is 0 Å². The normalized spacial score (nSPS) is 20.4. The smallest absolute Gasteiger partial charge is 0.162 e. The number of ether oxygens (including phenoxy) is 2. The molecule has 0 spiro atoms. The predicted octanol–water partition coefficient (Wildman–Crippen LogP) is 3.32. The Kier molecular flexibility index (Phi) is 6.14. The third-order valence-electron chi connectivity index (χ3n) is 3.25. The lowest BCUT2D eigenvalue weighted by Gasteiger charge is -2.34. The molecular weight excluding hydrogens is 216 g/mol. The molecule has 3 nitrogen and oxygen atoms in total. The maximum atomic E-state index is 11.9. The summed E-state index contributed by atoms with van der Waals surface area (Å²) in [6.07, 6.45) is 6.62. The first kappa shape index (κ1) is 14.7. The van der Waals surface area contributed by atoms with Gasteiger partial charge in [0.25, 0.3) is 0 Å². The molecule has 0 aromatic heterocycles. The van der Waals surface area contributed by atoms with Gasteiger partial charge >= 0.3 is 0 Å². The highest BCUT2D eigenvalue weighted by Gasteiger charge is 2.31. The molecule has 1 heterocycles. The van der Waals surface area contributed by atoms with Crippen LogP contribution in [0.1, 0.15) is 59.3 Å². The highest BCUT2D eigenvalue weighted by molar-refractivity contribution is 5.81. The lowest BCUT2D eigenvalue weighted by Crippen LogP contribution is -2.42. The van der Waals surface area contributed by atoms with Gasteiger partial charge in [0.15, 0.2) is 5.79 Å². The van der Waals surface area contributed by atoms with Gasteiger partial charge < -0.3 is 9.47 Å². The molecule has 1 rings (SSSR count). The number of unbranched alkanes of at least 4 members (excludes halogenated alkanes) is 4. The van der Waals surface area contributed by atoms with Gasteiger partial charge in [0.05, 0.1) is 19.1 Å². The van der Waals surface area contributed by atoms with Crippen molar-refractivity contribution < 1.29 is 14.3 Å². The quantitative estimate of drug-likeness (QED) is 0.642. The van der Waals surface area contributed by atoms with Gasteiger partial charge in [-0.2, -0.15) is 0 Å². The van der Waals surface area contributed by atoms with Gasteiger partial charge in [-0.3, -0.25) is 4.79 Å². The average molecular weight is 242 g/mol. The van der Waals surface area contributed by atoms with Crippen molar-refractivity contribution in [1.29, 1.82) is 0 Å². The number of rotatable bonds is 7. The predicted molar refractivity (Wildman–Crippen MR) is 67.9 cm³/mol. The van der Waals surface area contributed by atoms with E-state index in [0.717, 1.165) is 6.42 Å². The minimum absolute atomic E-state index is 0.0470. The van der Waals surface area contributed by atoms with Crippen LogP contribution in [-0.2, 0) is 14.3 Å². The molecule has 1 aliphatic rings. The zero-order valence-electron chi connectivity index (χ0n) is 11.5. The second-order valence-corrected chi connectivity index (χ2v) is 5.35. The Bertz CT molecular complexity index is 226. The summed E-state index contributed by atoms with van der Waals surface area (Å²) in [4.78, 5) is 11.9.